The average molecular weight is 291 g/mol. The number of nitrogens with zero attached hydrogens (tertiary/aromatic N) is 3. The number of alkyl halides is 1. The molecule has 0 fully saturated rings. The summed E-state index contributed by atoms with van der Waals surface area (Å²) in [6.07, 6.45) is 2.61. The zero-order valence-corrected chi connectivity index (χ0v) is 10.2. The highest BCUT2D eigenvalue weighted by Crippen LogP contribution is 2.14. The van der Waals surface area contributed by atoms with Gasteiger partial charge in [0.1, 0.15) is 12.3 Å². The monoisotopic (exact) mass is 289 g/mol. The summed E-state index contributed by atoms with van der Waals surface area (Å²) >= 11 is 8.85. The van der Waals surface area contributed by atoms with Crippen LogP contribution in [-0.4, -0.2) is 20.9 Å². The number of hydrogen-bond donors (Lipinski definition) is 0. The Labute approximate surface area is 100 Å². The molecule has 80 valence electrons. The first kappa shape index (κ1) is 10.7. The minimum atomic E-state index is 0.561. The van der Waals surface area contributed by atoms with Gasteiger partial charge in [0.05, 0.1) is 5.69 Å². The van der Waals surface area contributed by atoms with Gasteiger partial charge < -0.3 is 4.42 Å². The fourth-order valence-electron chi connectivity index (χ4n) is 1.22. The molecule has 4 nitrogen and oxygen atoms in total. The SMILES string of the molecule is ClCCc1cn(Cc2ccc(Br)o2)nn1. The van der Waals surface area contributed by atoms with Crippen molar-refractivity contribution in [3.05, 3.63) is 34.5 Å². The molecule has 15 heavy (non-hydrogen) atoms. The maximum atomic E-state index is 5.61. The summed E-state index contributed by atoms with van der Waals surface area (Å²) in [5.74, 6) is 1.40. The van der Waals surface area contributed by atoms with Crippen LogP contribution in [0.1, 0.15) is 11.5 Å². The van der Waals surface area contributed by atoms with Crippen molar-refractivity contribution in [1.29, 1.82) is 0 Å². The molecule has 0 atom stereocenters. The highest BCUT2D eigenvalue weighted by molar-refractivity contribution is 9.10. The lowest BCUT2D eigenvalue weighted by Crippen LogP contribution is -1.98. The van der Waals surface area contributed by atoms with E-state index in [2.05, 4.69) is 26.2 Å². The summed E-state index contributed by atoms with van der Waals surface area (Å²) in [5, 5.41) is 7.96. The van der Waals surface area contributed by atoms with Gasteiger partial charge >= 0.3 is 0 Å². The van der Waals surface area contributed by atoms with Gasteiger partial charge in [-0.05, 0) is 28.1 Å². The van der Waals surface area contributed by atoms with Gasteiger partial charge in [-0.3, -0.25) is 0 Å². The predicted octanol–water partition coefficient (Wildman–Crippen LogP) is 2.46. The van der Waals surface area contributed by atoms with E-state index in [-0.39, 0.29) is 0 Å². The van der Waals surface area contributed by atoms with Crippen LogP contribution in [0, 0.1) is 0 Å². The lowest BCUT2D eigenvalue weighted by Gasteiger charge is -1.94. The maximum Gasteiger partial charge on any atom is 0.169 e. The van der Waals surface area contributed by atoms with Crippen LogP contribution in [0.5, 0.6) is 0 Å². The van der Waals surface area contributed by atoms with Crippen molar-refractivity contribution in [3.8, 4) is 0 Å². The highest BCUT2D eigenvalue weighted by Gasteiger charge is 2.03. The Kier molecular flexibility index (Phi) is 3.43. The van der Waals surface area contributed by atoms with Crippen LogP contribution in [-0.2, 0) is 13.0 Å². The first-order chi connectivity index (χ1) is 7.28. The van der Waals surface area contributed by atoms with Crippen molar-refractivity contribution in [1.82, 2.24) is 15.0 Å². The van der Waals surface area contributed by atoms with E-state index in [0.717, 1.165) is 22.5 Å². The molecular formula is C9H9BrClN3O. The molecule has 2 aromatic heterocycles. The molecule has 0 saturated carbocycles. The summed E-state index contributed by atoms with van der Waals surface area (Å²) in [5.41, 5.74) is 0.899. The number of aromatic nitrogens is 3. The summed E-state index contributed by atoms with van der Waals surface area (Å²) in [7, 11) is 0. The van der Waals surface area contributed by atoms with Gasteiger partial charge in [-0.25, -0.2) is 4.68 Å². The predicted molar refractivity (Wildman–Crippen MR) is 60.0 cm³/mol. The van der Waals surface area contributed by atoms with Gasteiger partial charge in [-0.2, -0.15) is 0 Å². The average Bonchev–Trinajstić information content (AvgIpc) is 2.78. The Morgan fingerprint density at radius 3 is 3.00 bits per heavy atom. The van der Waals surface area contributed by atoms with E-state index in [4.69, 9.17) is 16.0 Å². The first-order valence-corrected chi connectivity index (χ1v) is 5.80. The van der Waals surface area contributed by atoms with Gasteiger partial charge in [-0.15, -0.1) is 16.7 Å². The second kappa shape index (κ2) is 4.81. The molecule has 0 saturated heterocycles. The molecule has 0 radical (unpaired) electrons. The Morgan fingerprint density at radius 2 is 2.33 bits per heavy atom. The zero-order chi connectivity index (χ0) is 10.7. The minimum Gasteiger partial charge on any atom is -0.452 e. The second-order valence-electron chi connectivity index (χ2n) is 3.05. The van der Waals surface area contributed by atoms with Gasteiger partial charge in [-0.1, -0.05) is 5.21 Å². The lowest BCUT2D eigenvalue weighted by molar-refractivity contribution is 0.459. The molecule has 0 bridgehead atoms. The summed E-state index contributed by atoms with van der Waals surface area (Å²) in [6.45, 7) is 0.584. The van der Waals surface area contributed by atoms with Crippen LogP contribution in [0.15, 0.2) is 27.4 Å². The number of rotatable bonds is 4. The van der Waals surface area contributed by atoms with Crippen LogP contribution < -0.4 is 0 Å². The van der Waals surface area contributed by atoms with Crippen molar-refractivity contribution >= 4 is 27.5 Å². The molecule has 0 aromatic carbocycles. The fraction of sp³-hybridized carbons (Fsp3) is 0.333. The van der Waals surface area contributed by atoms with Crippen molar-refractivity contribution in [2.75, 3.05) is 5.88 Å². The summed E-state index contributed by atoms with van der Waals surface area (Å²) < 4.78 is 7.81. The fourth-order valence-corrected chi connectivity index (χ4v) is 1.76. The van der Waals surface area contributed by atoms with Crippen LogP contribution in [0.25, 0.3) is 0 Å². The second-order valence-corrected chi connectivity index (χ2v) is 4.21. The Bertz CT molecular complexity index is 440. The van der Waals surface area contributed by atoms with Crippen molar-refractivity contribution < 1.29 is 4.42 Å². The van der Waals surface area contributed by atoms with Crippen LogP contribution in [0.4, 0.5) is 0 Å². The van der Waals surface area contributed by atoms with Crippen molar-refractivity contribution in [2.24, 2.45) is 0 Å². The van der Waals surface area contributed by atoms with Crippen LogP contribution >= 0.6 is 27.5 Å². The molecule has 2 rings (SSSR count). The number of aryl methyl sites for hydroxylation is 1. The quantitative estimate of drug-likeness (QED) is 0.813. The largest absolute Gasteiger partial charge is 0.452 e. The van der Waals surface area contributed by atoms with E-state index in [9.17, 15) is 0 Å². The third kappa shape index (κ3) is 2.82. The molecule has 0 aliphatic carbocycles. The Balaban J connectivity index is 2.04. The van der Waals surface area contributed by atoms with Gasteiger partial charge in [0.15, 0.2) is 4.67 Å². The molecule has 2 heterocycles. The standard InChI is InChI=1S/C9H9BrClN3O/c10-9-2-1-8(15-9)6-14-5-7(3-4-11)12-13-14/h1-2,5H,3-4,6H2. The third-order valence-corrected chi connectivity index (χ3v) is 2.50. The molecule has 0 N–H and O–H groups in total. The molecule has 2 aromatic rings. The highest BCUT2D eigenvalue weighted by atomic mass is 79.9. The first-order valence-electron chi connectivity index (χ1n) is 4.47. The number of hydrogen-bond acceptors (Lipinski definition) is 3. The minimum absolute atomic E-state index is 0.561. The molecule has 6 heteroatoms. The smallest absolute Gasteiger partial charge is 0.169 e. The van der Waals surface area contributed by atoms with Gasteiger partial charge in [0, 0.05) is 18.5 Å². The molecule has 0 amide bonds. The normalized spacial score (nSPS) is 10.8. The number of halogens is 2. The van der Waals surface area contributed by atoms with Crippen molar-refractivity contribution in [2.45, 2.75) is 13.0 Å². The van der Waals surface area contributed by atoms with E-state index in [1.807, 2.05) is 18.3 Å². The van der Waals surface area contributed by atoms with Crippen molar-refractivity contribution in [3.63, 3.8) is 0 Å². The third-order valence-electron chi connectivity index (χ3n) is 1.88. The van der Waals surface area contributed by atoms with Crippen LogP contribution in [0.2, 0.25) is 0 Å². The molecule has 0 spiro atoms. The van der Waals surface area contributed by atoms with E-state index < -0.39 is 0 Å². The Hall–Kier alpha value is -0.810. The van der Waals surface area contributed by atoms with E-state index in [1.54, 1.807) is 4.68 Å². The zero-order valence-electron chi connectivity index (χ0n) is 7.86. The summed E-state index contributed by atoms with van der Waals surface area (Å²) in [6, 6.07) is 3.75. The molecule has 0 aliphatic heterocycles. The Morgan fingerprint density at radius 1 is 1.47 bits per heavy atom. The molecule has 0 unspecified atom stereocenters. The topological polar surface area (TPSA) is 43.9 Å². The number of furan rings is 1. The summed E-state index contributed by atoms with van der Waals surface area (Å²) in [4.78, 5) is 0. The molecular weight excluding hydrogens is 281 g/mol. The van der Waals surface area contributed by atoms with E-state index >= 15 is 0 Å². The van der Waals surface area contributed by atoms with E-state index in [1.165, 1.54) is 0 Å². The van der Waals surface area contributed by atoms with E-state index in [0.29, 0.717) is 12.4 Å². The van der Waals surface area contributed by atoms with Crippen LogP contribution in [0.3, 0.4) is 0 Å². The van der Waals surface area contributed by atoms with Gasteiger partial charge in [0.2, 0.25) is 0 Å². The molecule has 0 aliphatic rings. The van der Waals surface area contributed by atoms with Gasteiger partial charge in [0.25, 0.3) is 0 Å². The lowest BCUT2D eigenvalue weighted by atomic mass is 10.4. The maximum absolute atomic E-state index is 5.61.